The van der Waals surface area contributed by atoms with Crippen molar-refractivity contribution in [3.63, 3.8) is 0 Å². The molecule has 0 saturated heterocycles. The molecule has 3 aromatic rings. The number of fused-ring (bicyclic) bond motifs is 1. The highest BCUT2D eigenvalue weighted by molar-refractivity contribution is 6.46. The van der Waals surface area contributed by atoms with Crippen molar-refractivity contribution in [2.75, 3.05) is 23.0 Å². The summed E-state index contributed by atoms with van der Waals surface area (Å²) >= 11 is 0. The first-order valence-electron chi connectivity index (χ1n) is 11.4. The van der Waals surface area contributed by atoms with E-state index in [-0.39, 0.29) is 5.57 Å². The maximum Gasteiger partial charge on any atom is 0.282 e. The fraction of sp³-hybridized carbons (Fsp3) is 0.214. The maximum atomic E-state index is 13.8. The molecule has 3 aromatic carbocycles. The van der Waals surface area contributed by atoms with Gasteiger partial charge in [0.15, 0.2) is 0 Å². The molecule has 0 aliphatic carbocycles. The Labute approximate surface area is 198 Å². The Morgan fingerprint density at radius 2 is 1.62 bits per heavy atom. The summed E-state index contributed by atoms with van der Waals surface area (Å²) in [5.74, 6) is -0.154. The van der Waals surface area contributed by atoms with Gasteiger partial charge in [-0.2, -0.15) is 0 Å². The number of hydrogen-bond donors (Lipinski definition) is 0. The SMILES string of the molecule is CC(C)COc1ccc(N2C(=O)C(c3ccc(F)cc3)=C(N3CCc4ccccc43)C2=O)cc1. The summed E-state index contributed by atoms with van der Waals surface area (Å²) in [6.07, 6.45) is 0.778. The minimum absolute atomic E-state index is 0.279. The molecule has 0 spiro atoms. The molecule has 2 aliphatic rings. The number of anilines is 2. The maximum absolute atomic E-state index is 13.8. The molecule has 0 radical (unpaired) electrons. The molecule has 0 saturated carbocycles. The first-order valence-corrected chi connectivity index (χ1v) is 11.4. The summed E-state index contributed by atoms with van der Waals surface area (Å²) in [5.41, 5.74) is 3.62. The zero-order chi connectivity index (χ0) is 23.8. The molecule has 0 N–H and O–H groups in total. The number of rotatable bonds is 6. The quantitative estimate of drug-likeness (QED) is 0.478. The molecule has 0 bridgehead atoms. The number of imide groups is 1. The predicted octanol–water partition coefficient (Wildman–Crippen LogP) is 5.21. The van der Waals surface area contributed by atoms with Crippen LogP contribution in [0.2, 0.25) is 0 Å². The first kappa shape index (κ1) is 21.9. The molecular weight excluding hydrogens is 431 g/mol. The number of halogens is 1. The molecule has 0 fully saturated rings. The highest BCUT2D eigenvalue weighted by Gasteiger charge is 2.44. The number of para-hydroxylation sites is 1. The van der Waals surface area contributed by atoms with Gasteiger partial charge in [0.05, 0.1) is 17.9 Å². The summed E-state index contributed by atoms with van der Waals surface area (Å²) in [6.45, 7) is 5.30. The second-order valence-electron chi connectivity index (χ2n) is 8.91. The molecule has 2 aliphatic heterocycles. The van der Waals surface area contributed by atoms with E-state index in [9.17, 15) is 14.0 Å². The van der Waals surface area contributed by atoms with Crippen molar-refractivity contribution in [3.05, 3.63) is 95.4 Å². The van der Waals surface area contributed by atoms with Crippen molar-refractivity contribution in [2.45, 2.75) is 20.3 Å². The average Bonchev–Trinajstić information content (AvgIpc) is 3.36. The van der Waals surface area contributed by atoms with E-state index < -0.39 is 17.6 Å². The molecule has 172 valence electrons. The van der Waals surface area contributed by atoms with Gasteiger partial charge in [-0.05, 0) is 65.9 Å². The summed E-state index contributed by atoms with van der Waals surface area (Å²) in [4.78, 5) is 30.5. The number of benzene rings is 3. The molecule has 2 heterocycles. The molecule has 34 heavy (non-hydrogen) atoms. The third-order valence-electron chi connectivity index (χ3n) is 6.03. The van der Waals surface area contributed by atoms with Gasteiger partial charge in [-0.3, -0.25) is 9.59 Å². The van der Waals surface area contributed by atoms with Gasteiger partial charge in [0.1, 0.15) is 17.3 Å². The van der Waals surface area contributed by atoms with Crippen LogP contribution >= 0.6 is 0 Å². The second-order valence-corrected chi connectivity index (χ2v) is 8.91. The Kier molecular flexibility index (Phi) is 5.65. The van der Waals surface area contributed by atoms with Gasteiger partial charge in [-0.25, -0.2) is 9.29 Å². The van der Waals surface area contributed by atoms with Crippen LogP contribution in [0.1, 0.15) is 25.0 Å². The lowest BCUT2D eigenvalue weighted by molar-refractivity contribution is -0.120. The van der Waals surface area contributed by atoms with Crippen LogP contribution < -0.4 is 14.5 Å². The van der Waals surface area contributed by atoms with Crippen molar-refractivity contribution >= 4 is 28.8 Å². The molecular formula is C28H25FN2O3. The van der Waals surface area contributed by atoms with Crippen LogP contribution in [-0.4, -0.2) is 25.0 Å². The number of ether oxygens (including phenoxy) is 1. The van der Waals surface area contributed by atoms with Gasteiger partial charge < -0.3 is 9.64 Å². The molecule has 5 nitrogen and oxygen atoms in total. The van der Waals surface area contributed by atoms with Crippen molar-refractivity contribution in [1.82, 2.24) is 0 Å². The Morgan fingerprint density at radius 3 is 2.32 bits per heavy atom. The molecule has 0 aromatic heterocycles. The second kappa shape index (κ2) is 8.78. The Balaban J connectivity index is 1.55. The van der Waals surface area contributed by atoms with Crippen LogP contribution in [0.4, 0.5) is 15.8 Å². The van der Waals surface area contributed by atoms with Crippen LogP contribution in [0.25, 0.3) is 5.57 Å². The predicted molar refractivity (Wildman–Crippen MR) is 130 cm³/mol. The highest BCUT2D eigenvalue weighted by Crippen LogP contribution is 2.40. The van der Waals surface area contributed by atoms with E-state index in [0.717, 1.165) is 17.7 Å². The molecule has 0 unspecified atom stereocenters. The van der Waals surface area contributed by atoms with Crippen molar-refractivity contribution in [3.8, 4) is 5.75 Å². The lowest BCUT2D eigenvalue weighted by atomic mass is 10.0. The smallest absolute Gasteiger partial charge is 0.282 e. The third kappa shape index (κ3) is 3.85. The Morgan fingerprint density at radius 1 is 0.912 bits per heavy atom. The highest BCUT2D eigenvalue weighted by atomic mass is 19.1. The number of carbonyl (C=O) groups is 2. The van der Waals surface area contributed by atoms with Gasteiger partial charge in [0, 0.05) is 12.2 Å². The van der Waals surface area contributed by atoms with Crippen molar-refractivity contribution < 1.29 is 18.7 Å². The zero-order valence-electron chi connectivity index (χ0n) is 19.1. The summed E-state index contributed by atoms with van der Waals surface area (Å²) in [6, 6.07) is 20.5. The topological polar surface area (TPSA) is 49.9 Å². The third-order valence-corrected chi connectivity index (χ3v) is 6.03. The fourth-order valence-electron chi connectivity index (χ4n) is 4.40. The summed E-state index contributed by atoms with van der Waals surface area (Å²) < 4.78 is 19.4. The molecule has 6 heteroatoms. The van der Waals surface area contributed by atoms with Gasteiger partial charge >= 0.3 is 0 Å². The van der Waals surface area contributed by atoms with E-state index in [4.69, 9.17) is 4.74 Å². The van der Waals surface area contributed by atoms with E-state index in [1.807, 2.05) is 29.2 Å². The Bertz CT molecular complexity index is 1280. The Hall–Kier alpha value is -3.93. The lowest BCUT2D eigenvalue weighted by Crippen LogP contribution is -2.34. The number of amides is 2. The van der Waals surface area contributed by atoms with E-state index >= 15 is 0 Å². The van der Waals surface area contributed by atoms with Gasteiger partial charge in [0.25, 0.3) is 11.8 Å². The van der Waals surface area contributed by atoms with E-state index in [0.29, 0.717) is 41.8 Å². The number of hydrogen-bond acceptors (Lipinski definition) is 4. The number of carbonyl (C=O) groups excluding carboxylic acids is 2. The standard InChI is InChI=1S/C28H25FN2O3/c1-18(2)17-34-23-13-11-22(12-14-23)31-27(32)25(20-7-9-21(29)10-8-20)26(28(31)33)30-16-15-19-5-3-4-6-24(19)30/h3-14,18H,15-17H2,1-2H3. The van der Waals surface area contributed by atoms with Crippen LogP contribution in [-0.2, 0) is 16.0 Å². The largest absolute Gasteiger partial charge is 0.493 e. The van der Waals surface area contributed by atoms with Crippen LogP contribution in [0.3, 0.4) is 0 Å². The lowest BCUT2D eigenvalue weighted by Gasteiger charge is -2.22. The van der Waals surface area contributed by atoms with Gasteiger partial charge in [-0.15, -0.1) is 0 Å². The molecule has 5 rings (SSSR count). The van der Waals surface area contributed by atoms with Crippen LogP contribution in [0.5, 0.6) is 5.75 Å². The zero-order valence-corrected chi connectivity index (χ0v) is 19.1. The minimum Gasteiger partial charge on any atom is -0.493 e. The summed E-state index contributed by atoms with van der Waals surface area (Å²) in [7, 11) is 0. The van der Waals surface area contributed by atoms with Crippen molar-refractivity contribution in [2.24, 2.45) is 5.92 Å². The van der Waals surface area contributed by atoms with Gasteiger partial charge in [-0.1, -0.05) is 44.2 Å². The van der Waals surface area contributed by atoms with E-state index in [1.165, 1.54) is 17.0 Å². The average molecular weight is 457 g/mol. The fourth-order valence-corrected chi connectivity index (χ4v) is 4.40. The number of nitrogens with zero attached hydrogens (tertiary/aromatic N) is 2. The van der Waals surface area contributed by atoms with E-state index in [2.05, 4.69) is 13.8 Å². The van der Waals surface area contributed by atoms with E-state index in [1.54, 1.807) is 36.4 Å². The first-order chi connectivity index (χ1) is 16.4. The van der Waals surface area contributed by atoms with Crippen LogP contribution in [0, 0.1) is 11.7 Å². The van der Waals surface area contributed by atoms with Crippen LogP contribution in [0.15, 0.2) is 78.5 Å². The molecule has 0 atom stereocenters. The molecule has 2 amide bonds. The minimum atomic E-state index is -0.424. The summed E-state index contributed by atoms with van der Waals surface area (Å²) in [5, 5.41) is 0. The van der Waals surface area contributed by atoms with Crippen molar-refractivity contribution in [1.29, 1.82) is 0 Å². The van der Waals surface area contributed by atoms with Gasteiger partial charge in [0.2, 0.25) is 0 Å². The normalized spacial score (nSPS) is 15.5. The monoisotopic (exact) mass is 456 g/mol.